The van der Waals surface area contributed by atoms with E-state index in [1.54, 1.807) is 24.3 Å². The standard InChI is InChI=1S/C27H30F2N2O/c1-17(2)23-6-5-7-24(18(3)4)27(23)31-25(32)16-30-26(19-8-12-21(28)13-9-19)20-10-14-22(29)15-11-20/h5-15,17-18,26,30H,16H2,1-4H3,(H,31,32). The van der Waals surface area contributed by atoms with Crippen LogP contribution in [0.15, 0.2) is 66.7 Å². The molecule has 0 spiro atoms. The van der Waals surface area contributed by atoms with Crippen LogP contribution in [0.25, 0.3) is 0 Å². The van der Waals surface area contributed by atoms with Crippen molar-refractivity contribution in [2.24, 2.45) is 0 Å². The van der Waals surface area contributed by atoms with Crippen LogP contribution >= 0.6 is 0 Å². The summed E-state index contributed by atoms with van der Waals surface area (Å²) in [6.07, 6.45) is 0. The number of para-hydroxylation sites is 1. The van der Waals surface area contributed by atoms with Crippen LogP contribution in [0.1, 0.15) is 67.8 Å². The molecule has 2 N–H and O–H groups in total. The van der Waals surface area contributed by atoms with Gasteiger partial charge in [0.15, 0.2) is 0 Å². The first-order chi connectivity index (χ1) is 15.3. The predicted octanol–water partition coefficient (Wildman–Crippen LogP) is 6.53. The van der Waals surface area contributed by atoms with E-state index in [9.17, 15) is 13.6 Å². The van der Waals surface area contributed by atoms with Crippen molar-refractivity contribution in [3.05, 3.63) is 101 Å². The molecule has 0 aromatic heterocycles. The fourth-order valence-electron chi connectivity index (χ4n) is 3.81. The van der Waals surface area contributed by atoms with Crippen LogP contribution in [0.4, 0.5) is 14.5 Å². The Morgan fingerprint density at radius 3 is 1.59 bits per heavy atom. The first-order valence-electron chi connectivity index (χ1n) is 10.9. The van der Waals surface area contributed by atoms with Crippen molar-refractivity contribution >= 4 is 11.6 Å². The molecule has 0 fully saturated rings. The van der Waals surface area contributed by atoms with Crippen molar-refractivity contribution < 1.29 is 13.6 Å². The third kappa shape index (κ3) is 5.80. The minimum absolute atomic E-state index is 0.0450. The Hall–Kier alpha value is -3.05. The van der Waals surface area contributed by atoms with Crippen molar-refractivity contribution in [2.45, 2.75) is 45.6 Å². The van der Waals surface area contributed by atoms with Gasteiger partial charge in [-0.1, -0.05) is 70.2 Å². The molecule has 0 aliphatic rings. The zero-order valence-electron chi connectivity index (χ0n) is 19.0. The van der Waals surface area contributed by atoms with Gasteiger partial charge < -0.3 is 5.32 Å². The van der Waals surface area contributed by atoms with Gasteiger partial charge in [-0.3, -0.25) is 10.1 Å². The minimum atomic E-state index is -0.383. The van der Waals surface area contributed by atoms with Crippen LogP contribution in [0.5, 0.6) is 0 Å². The summed E-state index contributed by atoms with van der Waals surface area (Å²) < 4.78 is 26.9. The maximum absolute atomic E-state index is 13.4. The fraction of sp³-hybridized carbons (Fsp3) is 0.296. The van der Waals surface area contributed by atoms with Crippen LogP contribution in [0.3, 0.4) is 0 Å². The molecule has 168 valence electrons. The normalized spacial score (nSPS) is 11.4. The van der Waals surface area contributed by atoms with Crippen LogP contribution in [0, 0.1) is 11.6 Å². The lowest BCUT2D eigenvalue weighted by Crippen LogP contribution is -2.32. The molecule has 3 rings (SSSR count). The Morgan fingerprint density at radius 1 is 0.750 bits per heavy atom. The molecule has 3 aromatic rings. The SMILES string of the molecule is CC(C)c1cccc(C(C)C)c1NC(=O)CNC(c1ccc(F)cc1)c1ccc(F)cc1. The van der Waals surface area contributed by atoms with Crippen molar-refractivity contribution in [1.29, 1.82) is 0 Å². The van der Waals surface area contributed by atoms with E-state index in [2.05, 4.69) is 38.3 Å². The molecule has 0 radical (unpaired) electrons. The molecule has 0 unspecified atom stereocenters. The highest BCUT2D eigenvalue weighted by Crippen LogP contribution is 2.32. The Morgan fingerprint density at radius 2 is 1.19 bits per heavy atom. The number of amides is 1. The van der Waals surface area contributed by atoms with Gasteiger partial charge in [0.1, 0.15) is 11.6 Å². The number of halogens is 2. The molecule has 3 aromatic carbocycles. The smallest absolute Gasteiger partial charge is 0.238 e. The monoisotopic (exact) mass is 436 g/mol. The second-order valence-corrected chi connectivity index (χ2v) is 8.59. The van der Waals surface area contributed by atoms with Crippen molar-refractivity contribution in [2.75, 3.05) is 11.9 Å². The Kier molecular flexibility index (Phi) is 7.75. The molecule has 0 saturated carbocycles. The second-order valence-electron chi connectivity index (χ2n) is 8.59. The number of anilines is 1. The summed E-state index contributed by atoms with van der Waals surface area (Å²) in [5.41, 5.74) is 4.63. The Balaban J connectivity index is 1.82. The van der Waals surface area contributed by atoms with E-state index in [1.165, 1.54) is 24.3 Å². The number of carbonyl (C=O) groups is 1. The molecular weight excluding hydrogens is 406 g/mol. The van der Waals surface area contributed by atoms with Crippen LogP contribution < -0.4 is 10.6 Å². The zero-order chi connectivity index (χ0) is 23.3. The number of benzene rings is 3. The van der Waals surface area contributed by atoms with Crippen LogP contribution in [-0.2, 0) is 4.79 Å². The largest absolute Gasteiger partial charge is 0.324 e. The molecule has 0 aliphatic heterocycles. The summed E-state index contributed by atoms with van der Waals surface area (Å²) in [4.78, 5) is 12.9. The molecule has 1 amide bonds. The van der Waals surface area contributed by atoms with Gasteiger partial charge in [-0.2, -0.15) is 0 Å². The topological polar surface area (TPSA) is 41.1 Å². The van der Waals surface area contributed by atoms with E-state index < -0.39 is 0 Å². The summed E-state index contributed by atoms with van der Waals surface area (Å²) in [5, 5.41) is 6.35. The van der Waals surface area contributed by atoms with Gasteiger partial charge in [0.25, 0.3) is 0 Å². The molecule has 3 nitrogen and oxygen atoms in total. The predicted molar refractivity (Wildman–Crippen MR) is 126 cm³/mol. The summed E-state index contributed by atoms with van der Waals surface area (Å²) in [5.74, 6) is -0.313. The van der Waals surface area contributed by atoms with Crippen molar-refractivity contribution in [3.8, 4) is 0 Å². The summed E-state index contributed by atoms with van der Waals surface area (Å²) in [6.45, 7) is 8.46. The van der Waals surface area contributed by atoms with E-state index in [1.807, 2.05) is 18.2 Å². The molecule has 0 saturated heterocycles. The number of nitrogens with one attached hydrogen (secondary N) is 2. The molecule has 0 atom stereocenters. The Bertz CT molecular complexity index is 973. The van der Waals surface area contributed by atoms with E-state index in [0.717, 1.165) is 27.9 Å². The number of hydrogen-bond donors (Lipinski definition) is 2. The first kappa shape index (κ1) is 23.6. The van der Waals surface area contributed by atoms with Gasteiger partial charge in [-0.05, 0) is 58.4 Å². The van der Waals surface area contributed by atoms with E-state index >= 15 is 0 Å². The average molecular weight is 437 g/mol. The number of carbonyl (C=O) groups excluding carboxylic acids is 1. The van der Waals surface area contributed by atoms with Gasteiger partial charge in [0.05, 0.1) is 12.6 Å². The molecular formula is C27H30F2N2O. The molecule has 32 heavy (non-hydrogen) atoms. The zero-order valence-corrected chi connectivity index (χ0v) is 19.0. The van der Waals surface area contributed by atoms with Crippen molar-refractivity contribution in [3.63, 3.8) is 0 Å². The average Bonchev–Trinajstić information content (AvgIpc) is 2.76. The van der Waals surface area contributed by atoms with Gasteiger partial charge >= 0.3 is 0 Å². The lowest BCUT2D eigenvalue weighted by atomic mass is 9.92. The molecule has 0 bridgehead atoms. The highest BCUT2D eigenvalue weighted by molar-refractivity contribution is 5.94. The van der Waals surface area contributed by atoms with Gasteiger partial charge in [0.2, 0.25) is 5.91 Å². The Labute approximate surface area is 188 Å². The number of rotatable bonds is 8. The molecule has 5 heteroatoms. The lowest BCUT2D eigenvalue weighted by molar-refractivity contribution is -0.115. The minimum Gasteiger partial charge on any atom is -0.324 e. The van der Waals surface area contributed by atoms with Gasteiger partial charge in [0, 0.05) is 5.69 Å². The lowest BCUT2D eigenvalue weighted by Gasteiger charge is -2.22. The summed E-state index contributed by atoms with van der Waals surface area (Å²) in [6, 6.07) is 17.9. The maximum atomic E-state index is 13.4. The fourth-order valence-corrected chi connectivity index (χ4v) is 3.81. The van der Waals surface area contributed by atoms with E-state index in [4.69, 9.17) is 0 Å². The summed E-state index contributed by atoms with van der Waals surface area (Å²) >= 11 is 0. The number of hydrogen-bond acceptors (Lipinski definition) is 2. The van der Waals surface area contributed by atoms with Gasteiger partial charge in [-0.25, -0.2) is 8.78 Å². The third-order valence-corrected chi connectivity index (χ3v) is 5.51. The first-order valence-corrected chi connectivity index (χ1v) is 10.9. The second kappa shape index (κ2) is 10.5. The third-order valence-electron chi connectivity index (χ3n) is 5.51. The highest BCUT2D eigenvalue weighted by atomic mass is 19.1. The highest BCUT2D eigenvalue weighted by Gasteiger charge is 2.19. The van der Waals surface area contributed by atoms with Crippen molar-refractivity contribution in [1.82, 2.24) is 5.32 Å². The van der Waals surface area contributed by atoms with Crippen LogP contribution in [0.2, 0.25) is 0 Å². The molecule has 0 heterocycles. The van der Waals surface area contributed by atoms with Gasteiger partial charge in [-0.15, -0.1) is 0 Å². The summed E-state index contributed by atoms with van der Waals surface area (Å²) in [7, 11) is 0. The van der Waals surface area contributed by atoms with Crippen LogP contribution in [-0.4, -0.2) is 12.5 Å². The molecule has 0 aliphatic carbocycles. The quantitative estimate of drug-likeness (QED) is 0.422. The van der Waals surface area contributed by atoms with E-state index in [-0.39, 0.29) is 42.0 Å². The maximum Gasteiger partial charge on any atom is 0.238 e. The van der Waals surface area contributed by atoms with E-state index in [0.29, 0.717) is 0 Å².